The summed E-state index contributed by atoms with van der Waals surface area (Å²) in [6.07, 6.45) is -3.07. The number of ether oxygens (including phenoxy) is 1. The number of carbonyl (C=O) groups is 1. The number of hydrogen-bond donors (Lipinski definition) is 2. The molecule has 1 fully saturated rings. The van der Waals surface area contributed by atoms with Crippen molar-refractivity contribution in [3.8, 4) is 0 Å². The van der Waals surface area contributed by atoms with Crippen LogP contribution >= 0.6 is 0 Å². The zero-order chi connectivity index (χ0) is 15.7. The second-order valence-electron chi connectivity index (χ2n) is 5.47. The first-order chi connectivity index (χ1) is 9.71. The summed E-state index contributed by atoms with van der Waals surface area (Å²) in [7, 11) is 0. The minimum atomic E-state index is -4.59. The van der Waals surface area contributed by atoms with Crippen molar-refractivity contribution < 1.29 is 22.7 Å². The molecule has 4 nitrogen and oxygen atoms in total. The predicted molar refractivity (Wildman–Crippen MR) is 71.8 cm³/mol. The van der Waals surface area contributed by atoms with Gasteiger partial charge in [0.05, 0.1) is 17.7 Å². The highest BCUT2D eigenvalue weighted by Gasteiger charge is 2.34. The SMILES string of the molecule is CC1(NC(=O)c2ccc(N)c(C(F)(F)F)c2)CCCOC1. The van der Waals surface area contributed by atoms with Crippen LogP contribution in [0.15, 0.2) is 18.2 Å². The number of halogens is 3. The van der Waals surface area contributed by atoms with Crippen LogP contribution in [-0.4, -0.2) is 24.7 Å². The lowest BCUT2D eigenvalue weighted by Crippen LogP contribution is -2.51. The van der Waals surface area contributed by atoms with Gasteiger partial charge in [-0.15, -0.1) is 0 Å². The Morgan fingerprint density at radius 1 is 1.43 bits per heavy atom. The van der Waals surface area contributed by atoms with Gasteiger partial charge in [0.2, 0.25) is 0 Å². The Bertz CT molecular complexity index is 538. The number of anilines is 1. The van der Waals surface area contributed by atoms with Crippen molar-refractivity contribution in [2.45, 2.75) is 31.5 Å². The highest BCUT2D eigenvalue weighted by Crippen LogP contribution is 2.34. The van der Waals surface area contributed by atoms with Crippen molar-refractivity contribution in [2.75, 3.05) is 18.9 Å². The van der Waals surface area contributed by atoms with Crippen LogP contribution in [0.1, 0.15) is 35.7 Å². The monoisotopic (exact) mass is 302 g/mol. The molecule has 0 radical (unpaired) electrons. The van der Waals surface area contributed by atoms with Gasteiger partial charge in [-0.2, -0.15) is 13.2 Å². The first kappa shape index (κ1) is 15.6. The first-order valence-corrected chi connectivity index (χ1v) is 6.58. The molecule has 1 aliphatic rings. The van der Waals surface area contributed by atoms with E-state index in [1.165, 1.54) is 6.07 Å². The van der Waals surface area contributed by atoms with Gasteiger partial charge in [0.15, 0.2) is 0 Å². The fourth-order valence-corrected chi connectivity index (χ4v) is 2.32. The Balaban J connectivity index is 2.20. The molecule has 116 valence electrons. The molecular weight excluding hydrogens is 285 g/mol. The molecule has 0 spiro atoms. The average Bonchev–Trinajstić information content (AvgIpc) is 2.38. The summed E-state index contributed by atoms with van der Waals surface area (Å²) in [5.74, 6) is -0.562. The number of nitrogens with two attached hydrogens (primary N) is 1. The van der Waals surface area contributed by atoms with E-state index in [1.54, 1.807) is 0 Å². The van der Waals surface area contributed by atoms with Gasteiger partial charge in [0.25, 0.3) is 5.91 Å². The molecule has 7 heteroatoms. The van der Waals surface area contributed by atoms with Crippen LogP contribution in [0, 0.1) is 0 Å². The average molecular weight is 302 g/mol. The topological polar surface area (TPSA) is 64.4 Å². The van der Waals surface area contributed by atoms with Gasteiger partial charge in [-0.05, 0) is 38.0 Å². The molecule has 0 saturated carbocycles. The third-order valence-electron chi connectivity index (χ3n) is 3.47. The summed E-state index contributed by atoms with van der Waals surface area (Å²) < 4.78 is 43.7. The summed E-state index contributed by atoms with van der Waals surface area (Å²) in [5.41, 5.74) is 3.29. The smallest absolute Gasteiger partial charge is 0.398 e. The molecule has 0 aliphatic carbocycles. The number of nitrogen functional groups attached to an aromatic ring is 1. The van der Waals surface area contributed by atoms with E-state index in [0.717, 1.165) is 25.0 Å². The number of rotatable bonds is 2. The number of amides is 1. The molecule has 2 rings (SSSR count). The Kier molecular flexibility index (Phi) is 4.13. The van der Waals surface area contributed by atoms with Crippen LogP contribution in [0.25, 0.3) is 0 Å². The number of nitrogens with one attached hydrogen (secondary N) is 1. The van der Waals surface area contributed by atoms with E-state index < -0.39 is 28.9 Å². The van der Waals surface area contributed by atoms with E-state index in [-0.39, 0.29) is 5.56 Å². The molecule has 21 heavy (non-hydrogen) atoms. The lowest BCUT2D eigenvalue weighted by atomic mass is 9.94. The Morgan fingerprint density at radius 3 is 2.71 bits per heavy atom. The third-order valence-corrected chi connectivity index (χ3v) is 3.47. The first-order valence-electron chi connectivity index (χ1n) is 6.58. The minimum absolute atomic E-state index is 0.0664. The van der Waals surface area contributed by atoms with Crippen molar-refractivity contribution in [1.82, 2.24) is 5.32 Å². The van der Waals surface area contributed by atoms with E-state index in [1.807, 2.05) is 6.92 Å². The van der Waals surface area contributed by atoms with Crippen molar-refractivity contribution in [2.24, 2.45) is 0 Å². The van der Waals surface area contributed by atoms with E-state index >= 15 is 0 Å². The molecule has 1 aromatic rings. The van der Waals surface area contributed by atoms with Gasteiger partial charge in [-0.3, -0.25) is 4.79 Å². The molecule has 1 amide bonds. The molecule has 1 atom stereocenters. The van der Waals surface area contributed by atoms with Crippen LogP contribution in [0.5, 0.6) is 0 Å². The molecular formula is C14H17F3N2O2. The highest BCUT2D eigenvalue weighted by atomic mass is 19.4. The summed E-state index contributed by atoms with van der Waals surface area (Å²) >= 11 is 0. The van der Waals surface area contributed by atoms with Crippen LogP contribution in [0.2, 0.25) is 0 Å². The van der Waals surface area contributed by atoms with E-state index in [0.29, 0.717) is 13.2 Å². The largest absolute Gasteiger partial charge is 0.418 e. The van der Waals surface area contributed by atoms with Gasteiger partial charge in [-0.25, -0.2) is 0 Å². The van der Waals surface area contributed by atoms with E-state index in [2.05, 4.69) is 5.32 Å². The molecule has 0 aromatic heterocycles. The number of alkyl halides is 3. The second-order valence-corrected chi connectivity index (χ2v) is 5.47. The van der Waals surface area contributed by atoms with Gasteiger partial charge in [-0.1, -0.05) is 0 Å². The Hall–Kier alpha value is -1.76. The fraction of sp³-hybridized carbons (Fsp3) is 0.500. The number of benzene rings is 1. The predicted octanol–water partition coefficient (Wildman–Crippen LogP) is 2.59. The lowest BCUT2D eigenvalue weighted by Gasteiger charge is -2.34. The number of carbonyl (C=O) groups excluding carboxylic acids is 1. The van der Waals surface area contributed by atoms with Gasteiger partial charge < -0.3 is 15.8 Å². The van der Waals surface area contributed by atoms with Crippen LogP contribution in [0.4, 0.5) is 18.9 Å². The highest BCUT2D eigenvalue weighted by molar-refractivity contribution is 5.95. The molecule has 0 bridgehead atoms. The maximum atomic E-state index is 12.8. The van der Waals surface area contributed by atoms with E-state index in [4.69, 9.17) is 10.5 Å². The Labute approximate surface area is 120 Å². The maximum absolute atomic E-state index is 12.8. The number of hydrogen-bond acceptors (Lipinski definition) is 3. The molecule has 1 unspecified atom stereocenters. The molecule has 1 aliphatic heterocycles. The van der Waals surface area contributed by atoms with Crippen molar-refractivity contribution >= 4 is 11.6 Å². The van der Waals surface area contributed by atoms with Crippen LogP contribution in [0.3, 0.4) is 0 Å². The normalized spacial score (nSPS) is 22.9. The van der Waals surface area contributed by atoms with E-state index in [9.17, 15) is 18.0 Å². The quantitative estimate of drug-likeness (QED) is 0.825. The third kappa shape index (κ3) is 3.66. The zero-order valence-corrected chi connectivity index (χ0v) is 11.6. The van der Waals surface area contributed by atoms with Crippen molar-refractivity contribution in [3.05, 3.63) is 29.3 Å². The van der Waals surface area contributed by atoms with Crippen molar-refractivity contribution in [3.63, 3.8) is 0 Å². The lowest BCUT2D eigenvalue weighted by molar-refractivity contribution is -0.136. The van der Waals surface area contributed by atoms with Gasteiger partial charge in [0, 0.05) is 17.9 Å². The molecule has 1 aromatic carbocycles. The summed E-state index contributed by atoms with van der Waals surface area (Å²) in [6, 6.07) is 3.15. The summed E-state index contributed by atoms with van der Waals surface area (Å²) in [5, 5.41) is 2.74. The summed E-state index contributed by atoms with van der Waals surface area (Å²) in [6.45, 7) is 2.79. The van der Waals surface area contributed by atoms with Crippen molar-refractivity contribution in [1.29, 1.82) is 0 Å². The minimum Gasteiger partial charge on any atom is -0.398 e. The van der Waals surface area contributed by atoms with Gasteiger partial charge in [0.1, 0.15) is 0 Å². The van der Waals surface area contributed by atoms with Crippen LogP contribution < -0.4 is 11.1 Å². The molecule has 1 saturated heterocycles. The molecule has 1 heterocycles. The molecule has 3 N–H and O–H groups in total. The fourth-order valence-electron chi connectivity index (χ4n) is 2.32. The summed E-state index contributed by atoms with van der Waals surface area (Å²) in [4.78, 5) is 12.1. The standard InChI is InChI=1S/C14H17F3N2O2/c1-13(5-2-6-21-8-13)19-12(20)9-3-4-11(18)10(7-9)14(15,16)17/h3-4,7H,2,5-6,8,18H2,1H3,(H,19,20). The van der Waals surface area contributed by atoms with Gasteiger partial charge >= 0.3 is 6.18 Å². The second kappa shape index (κ2) is 5.55. The maximum Gasteiger partial charge on any atom is 0.418 e. The zero-order valence-electron chi connectivity index (χ0n) is 11.6. The van der Waals surface area contributed by atoms with Crippen LogP contribution in [-0.2, 0) is 10.9 Å². The Morgan fingerprint density at radius 2 is 2.14 bits per heavy atom.